The van der Waals surface area contributed by atoms with Gasteiger partial charge in [-0.2, -0.15) is 9.49 Å². The van der Waals surface area contributed by atoms with E-state index in [-0.39, 0.29) is 11.7 Å². The molecule has 7 heteroatoms. The van der Waals surface area contributed by atoms with Gasteiger partial charge in [-0.05, 0) is 24.5 Å². The highest BCUT2D eigenvalue weighted by atomic mass is 19.2. The maximum Gasteiger partial charge on any atom is 0.211 e. The molecule has 4 N–H and O–H groups in total. The van der Waals surface area contributed by atoms with Gasteiger partial charge < -0.3 is 16.2 Å². The van der Waals surface area contributed by atoms with Crippen LogP contribution < -0.4 is 16.2 Å². The number of halogens is 2. The minimum Gasteiger partial charge on any atom is -0.490 e. The standard InChI is InChI=1S/C13H18F2N4O/c1-8(2)3-4-20-11-6-9(5-10(14)12(11)15)7-18-19-13(16)17/h5-8H,3-4H2,1-2H3,(H4,16,17,19). The zero-order valence-corrected chi connectivity index (χ0v) is 11.4. The van der Waals surface area contributed by atoms with Gasteiger partial charge in [0.15, 0.2) is 11.6 Å². The first-order valence-electron chi connectivity index (χ1n) is 6.14. The molecular formula is C13H18F2N4O. The molecule has 0 saturated carbocycles. The maximum absolute atomic E-state index is 13.5. The molecule has 0 amide bonds. The number of guanidine groups is 1. The van der Waals surface area contributed by atoms with E-state index < -0.39 is 11.6 Å². The summed E-state index contributed by atoms with van der Waals surface area (Å²) in [5, 5.41) is 6.90. The van der Waals surface area contributed by atoms with Crippen molar-refractivity contribution in [2.45, 2.75) is 20.3 Å². The highest BCUT2D eigenvalue weighted by Crippen LogP contribution is 2.22. The van der Waals surface area contributed by atoms with E-state index in [1.165, 1.54) is 12.3 Å². The molecule has 110 valence electrons. The van der Waals surface area contributed by atoms with Gasteiger partial charge in [-0.1, -0.05) is 13.8 Å². The maximum atomic E-state index is 13.5. The lowest BCUT2D eigenvalue weighted by Crippen LogP contribution is -2.21. The van der Waals surface area contributed by atoms with Crippen molar-refractivity contribution in [3.8, 4) is 5.75 Å². The Kier molecular flexibility index (Phi) is 5.89. The molecule has 0 aliphatic rings. The van der Waals surface area contributed by atoms with Crippen LogP contribution in [0.3, 0.4) is 0 Å². The molecule has 0 bridgehead atoms. The fourth-order valence-corrected chi connectivity index (χ4v) is 1.33. The Morgan fingerprint density at radius 3 is 2.65 bits per heavy atom. The number of hydrogen-bond acceptors (Lipinski definition) is 3. The highest BCUT2D eigenvalue weighted by molar-refractivity contribution is 5.82. The zero-order chi connectivity index (χ0) is 15.1. The molecule has 0 spiro atoms. The van der Waals surface area contributed by atoms with E-state index >= 15 is 0 Å². The second-order valence-corrected chi connectivity index (χ2v) is 4.62. The molecule has 0 unspecified atom stereocenters. The van der Waals surface area contributed by atoms with Gasteiger partial charge in [0.1, 0.15) is 0 Å². The Labute approximate surface area is 116 Å². The van der Waals surface area contributed by atoms with E-state index in [0.29, 0.717) is 18.1 Å². The zero-order valence-electron chi connectivity index (χ0n) is 11.4. The van der Waals surface area contributed by atoms with E-state index in [1.807, 2.05) is 13.8 Å². The third kappa shape index (κ3) is 5.21. The van der Waals surface area contributed by atoms with Gasteiger partial charge in [-0.25, -0.2) is 4.39 Å². The molecule has 1 rings (SSSR count). The van der Waals surface area contributed by atoms with E-state index in [9.17, 15) is 8.78 Å². The van der Waals surface area contributed by atoms with Crippen LogP contribution in [0.15, 0.2) is 22.3 Å². The van der Waals surface area contributed by atoms with Gasteiger partial charge in [0.2, 0.25) is 11.8 Å². The number of nitrogens with zero attached hydrogens (tertiary/aromatic N) is 2. The van der Waals surface area contributed by atoms with Crippen molar-refractivity contribution in [2.24, 2.45) is 27.6 Å². The number of rotatable bonds is 6. The molecule has 20 heavy (non-hydrogen) atoms. The van der Waals surface area contributed by atoms with Gasteiger partial charge in [0, 0.05) is 5.56 Å². The summed E-state index contributed by atoms with van der Waals surface area (Å²) in [4.78, 5) is 0. The second-order valence-electron chi connectivity index (χ2n) is 4.62. The fourth-order valence-electron chi connectivity index (χ4n) is 1.33. The first-order chi connectivity index (χ1) is 9.40. The lowest BCUT2D eigenvalue weighted by Gasteiger charge is -2.10. The lowest BCUT2D eigenvalue weighted by molar-refractivity contribution is 0.272. The van der Waals surface area contributed by atoms with Crippen LogP contribution in [0.2, 0.25) is 0 Å². The number of benzene rings is 1. The molecule has 0 fully saturated rings. The predicted octanol–water partition coefficient (Wildman–Crippen LogP) is 2.00. The summed E-state index contributed by atoms with van der Waals surface area (Å²) in [7, 11) is 0. The average molecular weight is 284 g/mol. The van der Waals surface area contributed by atoms with E-state index in [2.05, 4.69) is 10.2 Å². The summed E-state index contributed by atoms with van der Waals surface area (Å²) in [5.41, 5.74) is 10.5. The average Bonchev–Trinajstić information content (AvgIpc) is 2.34. The Morgan fingerprint density at radius 1 is 1.35 bits per heavy atom. The molecule has 0 saturated heterocycles. The van der Waals surface area contributed by atoms with E-state index in [1.54, 1.807) is 0 Å². The molecule has 0 radical (unpaired) electrons. The minimum atomic E-state index is -1.02. The van der Waals surface area contributed by atoms with Gasteiger partial charge in [-0.3, -0.25) is 0 Å². The molecule has 0 aromatic heterocycles. The lowest BCUT2D eigenvalue weighted by atomic mass is 10.1. The van der Waals surface area contributed by atoms with Crippen molar-refractivity contribution in [1.29, 1.82) is 0 Å². The molecule has 5 nitrogen and oxygen atoms in total. The van der Waals surface area contributed by atoms with Crippen LogP contribution in [-0.4, -0.2) is 18.8 Å². The predicted molar refractivity (Wildman–Crippen MR) is 74.7 cm³/mol. The van der Waals surface area contributed by atoms with Crippen molar-refractivity contribution < 1.29 is 13.5 Å². The van der Waals surface area contributed by atoms with Crippen molar-refractivity contribution in [1.82, 2.24) is 0 Å². The molecule has 1 aromatic rings. The quantitative estimate of drug-likeness (QED) is 0.476. The molecule has 0 atom stereocenters. The Hall–Kier alpha value is -2.18. The summed E-state index contributed by atoms with van der Waals surface area (Å²) in [5.74, 6) is -2.01. The number of nitrogens with two attached hydrogens (primary N) is 2. The summed E-state index contributed by atoms with van der Waals surface area (Å²) < 4.78 is 32.2. The molecule has 1 aromatic carbocycles. The van der Waals surface area contributed by atoms with Crippen molar-refractivity contribution in [3.05, 3.63) is 29.3 Å². The second kappa shape index (κ2) is 7.42. The van der Waals surface area contributed by atoms with Gasteiger partial charge in [0.25, 0.3) is 0 Å². The smallest absolute Gasteiger partial charge is 0.211 e. The van der Waals surface area contributed by atoms with Crippen LogP contribution in [0.4, 0.5) is 8.78 Å². The van der Waals surface area contributed by atoms with Crippen LogP contribution >= 0.6 is 0 Å². The topological polar surface area (TPSA) is 86.0 Å². The van der Waals surface area contributed by atoms with Gasteiger partial charge in [0.05, 0.1) is 12.8 Å². The molecule has 0 aliphatic heterocycles. The third-order valence-corrected chi connectivity index (χ3v) is 2.35. The van der Waals surface area contributed by atoms with Crippen LogP contribution in [0.1, 0.15) is 25.8 Å². The van der Waals surface area contributed by atoms with Crippen molar-refractivity contribution in [2.75, 3.05) is 6.61 Å². The Morgan fingerprint density at radius 2 is 2.05 bits per heavy atom. The SMILES string of the molecule is CC(C)CCOc1cc(C=NN=C(N)N)cc(F)c1F. The van der Waals surface area contributed by atoms with Crippen LogP contribution in [0.25, 0.3) is 0 Å². The van der Waals surface area contributed by atoms with Crippen LogP contribution in [-0.2, 0) is 0 Å². The third-order valence-electron chi connectivity index (χ3n) is 2.35. The molecule has 0 aliphatic carbocycles. The van der Waals surface area contributed by atoms with Crippen LogP contribution in [0, 0.1) is 17.6 Å². The van der Waals surface area contributed by atoms with Crippen molar-refractivity contribution in [3.63, 3.8) is 0 Å². The van der Waals surface area contributed by atoms with Gasteiger partial charge in [-0.15, -0.1) is 5.10 Å². The van der Waals surface area contributed by atoms with E-state index in [0.717, 1.165) is 12.5 Å². The monoisotopic (exact) mass is 284 g/mol. The first kappa shape index (κ1) is 15.9. The Bertz CT molecular complexity index is 511. The molecular weight excluding hydrogens is 266 g/mol. The summed E-state index contributed by atoms with van der Waals surface area (Å²) in [6.07, 6.45) is 1.95. The summed E-state index contributed by atoms with van der Waals surface area (Å²) >= 11 is 0. The van der Waals surface area contributed by atoms with Crippen molar-refractivity contribution >= 4 is 12.2 Å². The fraction of sp³-hybridized carbons (Fsp3) is 0.385. The molecule has 0 heterocycles. The first-order valence-corrected chi connectivity index (χ1v) is 6.14. The van der Waals surface area contributed by atoms with Crippen LogP contribution in [0.5, 0.6) is 5.75 Å². The largest absolute Gasteiger partial charge is 0.490 e. The minimum absolute atomic E-state index is 0.156. The summed E-state index contributed by atoms with van der Waals surface area (Å²) in [6, 6.07) is 2.32. The highest BCUT2D eigenvalue weighted by Gasteiger charge is 2.11. The number of hydrogen-bond donors (Lipinski definition) is 2. The Balaban J connectivity index is 2.86. The summed E-state index contributed by atoms with van der Waals surface area (Å²) in [6.45, 7) is 4.33. The van der Waals surface area contributed by atoms with Gasteiger partial charge >= 0.3 is 0 Å². The van der Waals surface area contributed by atoms with E-state index in [4.69, 9.17) is 16.2 Å². The normalized spacial score (nSPS) is 11.1. The number of ether oxygens (including phenoxy) is 1.